The van der Waals surface area contributed by atoms with Crippen LogP contribution in [0.15, 0.2) is 71.6 Å². The second kappa shape index (κ2) is 14.4. The summed E-state index contributed by atoms with van der Waals surface area (Å²) < 4.78 is 34.2. The Morgan fingerprint density at radius 2 is 1.56 bits per heavy atom. The summed E-state index contributed by atoms with van der Waals surface area (Å²) in [5.74, 6) is -0.434. The van der Waals surface area contributed by atoms with E-state index in [1.807, 2.05) is 52.0 Å². The highest BCUT2D eigenvalue weighted by Crippen LogP contribution is 2.32. The Bertz CT molecular complexity index is 1440. The van der Waals surface area contributed by atoms with E-state index < -0.39 is 28.5 Å². The highest BCUT2D eigenvalue weighted by atomic mass is 35.5. The lowest BCUT2D eigenvalue weighted by Crippen LogP contribution is -2.52. The number of sulfonamides is 1. The summed E-state index contributed by atoms with van der Waals surface area (Å²) in [6.07, 6.45) is 1.10. The van der Waals surface area contributed by atoms with Gasteiger partial charge in [-0.2, -0.15) is 0 Å². The van der Waals surface area contributed by atoms with Gasteiger partial charge in [-0.3, -0.25) is 13.9 Å². The van der Waals surface area contributed by atoms with E-state index in [0.29, 0.717) is 18.7 Å². The lowest BCUT2D eigenvalue weighted by atomic mass is 10.1. The number of nitrogens with zero attached hydrogens (tertiary/aromatic N) is 2. The van der Waals surface area contributed by atoms with Crippen LogP contribution in [0.3, 0.4) is 0 Å². The number of methoxy groups -OCH3 is 1. The number of hydrogen-bond donors (Lipinski definition) is 1. The molecule has 0 aromatic heterocycles. The summed E-state index contributed by atoms with van der Waals surface area (Å²) in [6, 6.07) is 17.8. The van der Waals surface area contributed by atoms with Crippen LogP contribution >= 0.6 is 11.6 Å². The average molecular weight is 600 g/mol. The fraction of sp³-hybridized carbons (Fsp3) is 0.355. The number of nitrogens with one attached hydrogen (secondary N) is 1. The van der Waals surface area contributed by atoms with Gasteiger partial charge in [0.25, 0.3) is 10.0 Å². The molecule has 3 rings (SSSR count). The first kappa shape index (κ1) is 32.0. The van der Waals surface area contributed by atoms with Crippen LogP contribution in [0.2, 0.25) is 5.02 Å². The monoisotopic (exact) mass is 599 g/mol. The Morgan fingerprint density at radius 3 is 2.10 bits per heavy atom. The molecule has 220 valence electrons. The SMILES string of the molecule is CCCNC(=O)[C@H](CC)N(Cc1ccc(C)cc1)C(=O)CN(c1ccc(OC)c(Cl)c1)S(=O)(=O)c1ccc(C)cc1. The summed E-state index contributed by atoms with van der Waals surface area (Å²) in [7, 11) is -2.73. The van der Waals surface area contributed by atoms with E-state index in [1.54, 1.807) is 24.3 Å². The third kappa shape index (κ3) is 8.01. The van der Waals surface area contributed by atoms with E-state index in [-0.39, 0.29) is 28.1 Å². The van der Waals surface area contributed by atoms with Crippen LogP contribution in [0.25, 0.3) is 0 Å². The number of carbonyl (C=O) groups excluding carboxylic acids is 2. The minimum absolute atomic E-state index is 0.0284. The molecule has 0 unspecified atom stereocenters. The lowest BCUT2D eigenvalue weighted by molar-refractivity contribution is -0.140. The van der Waals surface area contributed by atoms with Crippen molar-refractivity contribution in [1.29, 1.82) is 0 Å². The molecule has 0 saturated heterocycles. The van der Waals surface area contributed by atoms with Crippen molar-refractivity contribution in [1.82, 2.24) is 10.2 Å². The number of ether oxygens (including phenoxy) is 1. The molecule has 1 N–H and O–H groups in total. The largest absolute Gasteiger partial charge is 0.495 e. The molecule has 2 amide bonds. The summed E-state index contributed by atoms with van der Waals surface area (Å²) in [6.45, 7) is 7.67. The molecule has 0 aliphatic rings. The van der Waals surface area contributed by atoms with E-state index in [2.05, 4.69) is 5.32 Å². The van der Waals surface area contributed by atoms with Crippen LogP contribution < -0.4 is 14.4 Å². The average Bonchev–Trinajstić information content (AvgIpc) is 2.95. The quantitative estimate of drug-likeness (QED) is 0.280. The molecule has 0 fully saturated rings. The summed E-state index contributed by atoms with van der Waals surface area (Å²) in [5, 5.41) is 3.08. The molecule has 0 spiro atoms. The first-order valence-corrected chi connectivity index (χ1v) is 15.4. The first-order chi connectivity index (χ1) is 19.5. The van der Waals surface area contributed by atoms with Crippen LogP contribution in [-0.4, -0.2) is 51.4 Å². The summed E-state index contributed by atoms with van der Waals surface area (Å²) in [4.78, 5) is 28.8. The molecule has 0 saturated carbocycles. The molecule has 8 nitrogen and oxygen atoms in total. The Morgan fingerprint density at radius 1 is 0.951 bits per heavy atom. The maximum absolute atomic E-state index is 14.1. The van der Waals surface area contributed by atoms with Gasteiger partial charge < -0.3 is 15.0 Å². The Hall–Kier alpha value is -3.56. The smallest absolute Gasteiger partial charge is 0.264 e. The van der Waals surface area contributed by atoms with Gasteiger partial charge in [0.2, 0.25) is 11.8 Å². The van der Waals surface area contributed by atoms with E-state index in [4.69, 9.17) is 16.3 Å². The maximum Gasteiger partial charge on any atom is 0.264 e. The molecule has 3 aromatic rings. The highest BCUT2D eigenvalue weighted by molar-refractivity contribution is 7.92. The van der Waals surface area contributed by atoms with E-state index in [1.165, 1.54) is 30.2 Å². The molecule has 0 radical (unpaired) electrons. The zero-order valence-corrected chi connectivity index (χ0v) is 25.8. The summed E-state index contributed by atoms with van der Waals surface area (Å²) in [5.41, 5.74) is 2.98. The van der Waals surface area contributed by atoms with Gasteiger partial charge in [0.15, 0.2) is 0 Å². The highest BCUT2D eigenvalue weighted by Gasteiger charge is 2.33. The molecule has 1 atom stereocenters. The van der Waals surface area contributed by atoms with Crippen molar-refractivity contribution in [3.05, 3.63) is 88.4 Å². The van der Waals surface area contributed by atoms with Gasteiger partial charge in [-0.1, -0.05) is 73.0 Å². The Labute approximate surface area is 248 Å². The van der Waals surface area contributed by atoms with Gasteiger partial charge in [-0.05, 0) is 62.6 Å². The maximum atomic E-state index is 14.1. The minimum Gasteiger partial charge on any atom is -0.495 e. The molecule has 41 heavy (non-hydrogen) atoms. The number of carbonyl (C=O) groups is 2. The number of hydrogen-bond acceptors (Lipinski definition) is 5. The predicted octanol–water partition coefficient (Wildman–Crippen LogP) is 5.49. The second-order valence-corrected chi connectivity index (χ2v) is 12.1. The van der Waals surface area contributed by atoms with Crippen molar-refractivity contribution >= 4 is 39.1 Å². The van der Waals surface area contributed by atoms with Gasteiger partial charge in [-0.15, -0.1) is 0 Å². The van der Waals surface area contributed by atoms with E-state index in [0.717, 1.165) is 27.4 Å². The molecule has 0 aliphatic heterocycles. The zero-order valence-electron chi connectivity index (χ0n) is 24.2. The molecule has 0 bridgehead atoms. The van der Waals surface area contributed by atoms with Crippen LogP contribution in [-0.2, 0) is 26.2 Å². The van der Waals surface area contributed by atoms with Gasteiger partial charge in [0.1, 0.15) is 18.3 Å². The standard InChI is InChI=1S/C31H38ClN3O5S/c1-6-18-33-31(37)28(7-2)34(20-24-12-8-22(3)9-13-24)30(36)21-35(25-14-17-29(40-5)27(32)19-25)41(38,39)26-15-10-23(4)11-16-26/h8-17,19,28H,6-7,18,20-21H2,1-5H3,(H,33,37)/t28-/m0/s1. The summed E-state index contributed by atoms with van der Waals surface area (Å²) >= 11 is 6.38. The van der Waals surface area contributed by atoms with Gasteiger partial charge in [0, 0.05) is 13.1 Å². The van der Waals surface area contributed by atoms with Crippen LogP contribution in [0.4, 0.5) is 5.69 Å². The molecule has 0 aliphatic carbocycles. The predicted molar refractivity (Wildman–Crippen MR) is 163 cm³/mol. The van der Waals surface area contributed by atoms with Crippen molar-refractivity contribution in [3.63, 3.8) is 0 Å². The number of aryl methyl sites for hydroxylation is 2. The zero-order chi connectivity index (χ0) is 30.2. The van der Waals surface area contributed by atoms with Gasteiger partial charge in [-0.25, -0.2) is 8.42 Å². The van der Waals surface area contributed by atoms with Crippen molar-refractivity contribution in [2.45, 2.75) is 58.0 Å². The second-order valence-electron chi connectivity index (χ2n) is 9.87. The Kier molecular flexibility index (Phi) is 11.2. The van der Waals surface area contributed by atoms with Crippen LogP contribution in [0.5, 0.6) is 5.75 Å². The number of anilines is 1. The fourth-order valence-corrected chi connectivity index (χ4v) is 6.01. The minimum atomic E-state index is -4.20. The van der Waals surface area contributed by atoms with Crippen molar-refractivity contribution < 1.29 is 22.7 Å². The molecule has 10 heteroatoms. The molecular formula is C31H38ClN3O5S. The third-order valence-corrected chi connectivity index (χ3v) is 8.80. The molecule has 3 aromatic carbocycles. The van der Waals surface area contributed by atoms with Crippen LogP contribution in [0, 0.1) is 13.8 Å². The number of rotatable bonds is 13. The van der Waals surface area contributed by atoms with Gasteiger partial charge >= 0.3 is 0 Å². The number of halogens is 1. The lowest BCUT2D eigenvalue weighted by Gasteiger charge is -2.33. The van der Waals surface area contributed by atoms with Crippen molar-refractivity contribution in [3.8, 4) is 5.75 Å². The molecule has 0 heterocycles. The molecular weight excluding hydrogens is 562 g/mol. The first-order valence-electron chi connectivity index (χ1n) is 13.6. The van der Waals surface area contributed by atoms with E-state index >= 15 is 0 Å². The number of benzene rings is 3. The normalized spacial score (nSPS) is 12.0. The Balaban J connectivity index is 2.08. The third-order valence-electron chi connectivity index (χ3n) is 6.72. The van der Waals surface area contributed by atoms with Gasteiger partial charge in [0.05, 0.1) is 22.7 Å². The van der Waals surface area contributed by atoms with Crippen molar-refractivity contribution in [2.75, 3.05) is 24.5 Å². The fourth-order valence-electron chi connectivity index (χ4n) is 4.35. The van der Waals surface area contributed by atoms with E-state index in [9.17, 15) is 18.0 Å². The van der Waals surface area contributed by atoms with Crippen LogP contribution in [0.1, 0.15) is 43.4 Å². The number of amides is 2. The van der Waals surface area contributed by atoms with Crippen molar-refractivity contribution in [2.24, 2.45) is 0 Å². The topological polar surface area (TPSA) is 96.0 Å².